The topological polar surface area (TPSA) is 85.3 Å². The number of aryl methyl sites for hydroxylation is 3. The average molecular weight is 450 g/mol. The Kier molecular flexibility index (Phi) is 5.34. The van der Waals surface area contributed by atoms with Crippen LogP contribution < -0.4 is 5.32 Å². The third-order valence-corrected chi connectivity index (χ3v) is 5.89. The van der Waals surface area contributed by atoms with Gasteiger partial charge < -0.3 is 14.3 Å². The Morgan fingerprint density at radius 1 is 0.853 bits per heavy atom. The molecule has 2 aromatic heterocycles. The zero-order valence-corrected chi connectivity index (χ0v) is 19.0. The first-order valence-corrected chi connectivity index (χ1v) is 10.9. The maximum Gasteiger partial charge on any atom is 0.277 e. The first-order valence-electron chi connectivity index (χ1n) is 10.9. The van der Waals surface area contributed by atoms with E-state index in [9.17, 15) is 9.59 Å². The maximum atomic E-state index is 13.2. The number of carbonyl (C=O) groups is 2. The first-order chi connectivity index (χ1) is 16.4. The van der Waals surface area contributed by atoms with E-state index >= 15 is 0 Å². The van der Waals surface area contributed by atoms with E-state index in [1.165, 1.54) is 5.56 Å². The summed E-state index contributed by atoms with van der Waals surface area (Å²) in [6.45, 7) is 5.99. The second-order valence-corrected chi connectivity index (χ2v) is 8.33. The van der Waals surface area contributed by atoms with Crippen molar-refractivity contribution in [3.8, 4) is 11.3 Å². The fourth-order valence-electron chi connectivity index (χ4n) is 3.76. The normalized spacial score (nSPS) is 11.0. The van der Waals surface area contributed by atoms with E-state index in [1.54, 1.807) is 30.3 Å². The fourth-order valence-corrected chi connectivity index (χ4v) is 3.76. The highest BCUT2D eigenvalue weighted by Gasteiger charge is 2.25. The van der Waals surface area contributed by atoms with Crippen LogP contribution in [0.4, 0.5) is 5.69 Å². The van der Waals surface area contributed by atoms with E-state index in [0.29, 0.717) is 28.0 Å². The van der Waals surface area contributed by atoms with Gasteiger partial charge in [-0.25, -0.2) is 0 Å². The van der Waals surface area contributed by atoms with Crippen molar-refractivity contribution in [2.24, 2.45) is 0 Å². The van der Waals surface area contributed by atoms with Gasteiger partial charge in [0.15, 0.2) is 17.2 Å². The Bertz CT molecular complexity index is 1540. The Morgan fingerprint density at radius 3 is 2.38 bits per heavy atom. The monoisotopic (exact) mass is 450 g/mol. The number of anilines is 1. The lowest BCUT2D eigenvalue weighted by Gasteiger charge is -2.05. The highest BCUT2D eigenvalue weighted by Crippen LogP contribution is 2.33. The number of ketones is 1. The molecule has 168 valence electrons. The molecule has 0 aliphatic carbocycles. The molecule has 5 rings (SSSR count). The molecule has 0 atom stereocenters. The van der Waals surface area contributed by atoms with Gasteiger partial charge in [-0.2, -0.15) is 0 Å². The van der Waals surface area contributed by atoms with Crippen LogP contribution in [0.25, 0.3) is 22.3 Å². The zero-order valence-electron chi connectivity index (χ0n) is 19.0. The van der Waals surface area contributed by atoms with Crippen molar-refractivity contribution in [2.75, 3.05) is 5.32 Å². The summed E-state index contributed by atoms with van der Waals surface area (Å²) in [6.07, 6.45) is 0. The van der Waals surface area contributed by atoms with E-state index in [0.717, 1.165) is 16.7 Å². The lowest BCUT2D eigenvalue weighted by Crippen LogP contribution is -2.14. The standard InChI is InChI=1S/C28H22N2O4/c1-16-8-11-19(12-9-16)26(31)27-25(21-6-4-5-7-23(21)33-27)29-28(32)22-15-24(34-30-22)20-13-10-17(2)18(3)14-20/h4-15H,1-3H3,(H,29,32). The van der Waals surface area contributed by atoms with Gasteiger partial charge in [0.2, 0.25) is 5.78 Å². The molecule has 34 heavy (non-hydrogen) atoms. The molecular weight excluding hydrogens is 428 g/mol. The van der Waals surface area contributed by atoms with Gasteiger partial charge in [0.1, 0.15) is 5.58 Å². The van der Waals surface area contributed by atoms with Crippen molar-refractivity contribution in [2.45, 2.75) is 20.8 Å². The van der Waals surface area contributed by atoms with Gasteiger partial charge in [0.25, 0.3) is 5.91 Å². The molecular formula is C28H22N2O4. The van der Waals surface area contributed by atoms with E-state index in [2.05, 4.69) is 10.5 Å². The molecule has 3 aromatic carbocycles. The van der Waals surface area contributed by atoms with E-state index < -0.39 is 5.91 Å². The van der Waals surface area contributed by atoms with Crippen molar-refractivity contribution in [1.82, 2.24) is 5.16 Å². The van der Waals surface area contributed by atoms with Crippen LogP contribution >= 0.6 is 0 Å². The minimum Gasteiger partial charge on any atom is -0.450 e. The van der Waals surface area contributed by atoms with Gasteiger partial charge >= 0.3 is 0 Å². The van der Waals surface area contributed by atoms with Crippen LogP contribution in [0.1, 0.15) is 43.3 Å². The Morgan fingerprint density at radius 2 is 1.62 bits per heavy atom. The lowest BCUT2D eigenvalue weighted by molar-refractivity contribution is 0.101. The van der Waals surface area contributed by atoms with E-state index in [4.69, 9.17) is 8.94 Å². The van der Waals surface area contributed by atoms with Crippen molar-refractivity contribution in [1.29, 1.82) is 0 Å². The number of nitrogens with zero attached hydrogens (tertiary/aromatic N) is 1. The van der Waals surface area contributed by atoms with Crippen LogP contribution in [0, 0.1) is 20.8 Å². The number of fused-ring (bicyclic) bond motifs is 1. The van der Waals surface area contributed by atoms with Gasteiger partial charge in [-0.1, -0.05) is 59.3 Å². The van der Waals surface area contributed by atoms with Gasteiger partial charge in [-0.05, 0) is 50.1 Å². The quantitative estimate of drug-likeness (QED) is 0.309. The Hall–Kier alpha value is -4.45. The molecule has 0 bridgehead atoms. The maximum absolute atomic E-state index is 13.2. The predicted molar refractivity (Wildman–Crippen MR) is 130 cm³/mol. The van der Waals surface area contributed by atoms with Crippen molar-refractivity contribution >= 4 is 28.3 Å². The molecule has 0 unspecified atom stereocenters. The smallest absolute Gasteiger partial charge is 0.277 e. The third kappa shape index (κ3) is 3.90. The number of nitrogens with one attached hydrogen (secondary N) is 1. The lowest BCUT2D eigenvalue weighted by atomic mass is 10.0. The predicted octanol–water partition coefficient (Wildman–Crippen LogP) is 6.50. The number of aromatic nitrogens is 1. The van der Waals surface area contributed by atoms with Gasteiger partial charge in [0, 0.05) is 22.6 Å². The van der Waals surface area contributed by atoms with Crippen LogP contribution in [0.2, 0.25) is 0 Å². The van der Waals surface area contributed by atoms with Crippen molar-refractivity contribution in [3.05, 3.63) is 107 Å². The third-order valence-electron chi connectivity index (χ3n) is 5.89. The largest absolute Gasteiger partial charge is 0.450 e. The number of rotatable bonds is 5. The Balaban J connectivity index is 1.49. The molecule has 0 fully saturated rings. The van der Waals surface area contributed by atoms with Gasteiger partial charge in [-0.3, -0.25) is 9.59 Å². The molecule has 0 aliphatic heterocycles. The molecule has 1 N–H and O–H groups in total. The molecule has 6 nitrogen and oxygen atoms in total. The van der Waals surface area contributed by atoms with E-state index in [-0.39, 0.29) is 17.2 Å². The minimum atomic E-state index is -0.497. The molecule has 0 saturated carbocycles. The fraction of sp³-hybridized carbons (Fsp3) is 0.107. The summed E-state index contributed by atoms with van der Waals surface area (Å²) in [4.78, 5) is 26.3. The summed E-state index contributed by atoms with van der Waals surface area (Å²) in [7, 11) is 0. The number of furan rings is 1. The molecule has 0 aliphatic rings. The van der Waals surface area contributed by atoms with Crippen LogP contribution in [-0.4, -0.2) is 16.8 Å². The molecule has 0 saturated heterocycles. The second-order valence-electron chi connectivity index (χ2n) is 8.33. The molecule has 1 amide bonds. The van der Waals surface area contributed by atoms with Crippen LogP contribution in [0.3, 0.4) is 0 Å². The molecule has 6 heteroatoms. The average Bonchev–Trinajstić information content (AvgIpc) is 3.47. The van der Waals surface area contributed by atoms with Gasteiger partial charge in [0.05, 0.1) is 5.69 Å². The number of benzene rings is 3. The number of hydrogen-bond acceptors (Lipinski definition) is 5. The zero-order chi connectivity index (χ0) is 23.8. The van der Waals surface area contributed by atoms with Gasteiger partial charge in [-0.15, -0.1) is 0 Å². The van der Waals surface area contributed by atoms with Crippen LogP contribution in [0.5, 0.6) is 0 Å². The first kappa shape index (κ1) is 21.4. The highest BCUT2D eigenvalue weighted by molar-refractivity contribution is 6.18. The highest BCUT2D eigenvalue weighted by atomic mass is 16.5. The summed E-state index contributed by atoms with van der Waals surface area (Å²) in [5.41, 5.74) is 5.54. The van der Waals surface area contributed by atoms with Crippen molar-refractivity contribution < 1.29 is 18.5 Å². The number of hydrogen-bond donors (Lipinski definition) is 1. The summed E-state index contributed by atoms with van der Waals surface area (Å²) in [5.74, 6) is -0.261. The number of amides is 1. The molecule has 0 radical (unpaired) electrons. The Labute approximate surface area is 196 Å². The molecule has 5 aromatic rings. The van der Waals surface area contributed by atoms with Crippen LogP contribution in [-0.2, 0) is 0 Å². The summed E-state index contributed by atoms with van der Waals surface area (Å²) in [5, 5.41) is 7.40. The second kappa shape index (κ2) is 8.48. The SMILES string of the molecule is Cc1ccc(C(=O)c2oc3ccccc3c2NC(=O)c2cc(-c3ccc(C)c(C)c3)on2)cc1. The number of para-hydroxylation sites is 1. The molecule has 0 spiro atoms. The number of carbonyl (C=O) groups excluding carboxylic acids is 2. The molecule has 2 heterocycles. The van der Waals surface area contributed by atoms with Crippen molar-refractivity contribution in [3.63, 3.8) is 0 Å². The van der Waals surface area contributed by atoms with Crippen LogP contribution in [0.15, 0.2) is 81.7 Å². The minimum absolute atomic E-state index is 0.0660. The summed E-state index contributed by atoms with van der Waals surface area (Å²) in [6, 6.07) is 21.9. The van der Waals surface area contributed by atoms with E-state index in [1.807, 2.05) is 63.2 Å². The summed E-state index contributed by atoms with van der Waals surface area (Å²) >= 11 is 0. The summed E-state index contributed by atoms with van der Waals surface area (Å²) < 4.78 is 11.3.